The van der Waals surface area contributed by atoms with E-state index in [1.807, 2.05) is 6.92 Å². The first-order valence-corrected chi connectivity index (χ1v) is 8.71. The van der Waals surface area contributed by atoms with Crippen molar-refractivity contribution in [1.82, 2.24) is 5.32 Å². The second-order valence-corrected chi connectivity index (χ2v) is 5.90. The fourth-order valence-corrected chi connectivity index (χ4v) is 2.40. The summed E-state index contributed by atoms with van der Waals surface area (Å²) in [5.41, 5.74) is 0.904. The van der Waals surface area contributed by atoms with Crippen molar-refractivity contribution in [3.05, 3.63) is 71.3 Å². The summed E-state index contributed by atoms with van der Waals surface area (Å²) < 4.78 is 36.8. The maximum Gasteiger partial charge on any atom is 0.331 e. The largest absolute Gasteiger partial charge is 0.494 e. The van der Waals surface area contributed by atoms with Gasteiger partial charge in [-0.25, -0.2) is 13.6 Å². The molecule has 0 fully saturated rings. The van der Waals surface area contributed by atoms with Crippen LogP contribution in [-0.4, -0.2) is 25.1 Å². The zero-order valence-corrected chi connectivity index (χ0v) is 15.6. The highest BCUT2D eigenvalue weighted by molar-refractivity contribution is 5.89. The van der Waals surface area contributed by atoms with Crippen LogP contribution in [0.3, 0.4) is 0 Å². The molecule has 0 radical (unpaired) electrons. The molecule has 0 aromatic heterocycles. The average molecular weight is 389 g/mol. The van der Waals surface area contributed by atoms with Gasteiger partial charge < -0.3 is 14.8 Å². The van der Waals surface area contributed by atoms with Gasteiger partial charge in [0.2, 0.25) is 0 Å². The fraction of sp³-hybridized carbons (Fsp3) is 0.238. The third-order valence-corrected chi connectivity index (χ3v) is 3.75. The lowest BCUT2D eigenvalue weighted by molar-refractivity contribution is -0.144. The third kappa shape index (κ3) is 6.50. The molecule has 2 rings (SSSR count). The lowest BCUT2D eigenvalue weighted by Crippen LogP contribution is -2.31. The Morgan fingerprint density at radius 2 is 1.86 bits per heavy atom. The number of rotatable bonds is 8. The summed E-state index contributed by atoms with van der Waals surface area (Å²) >= 11 is 0. The van der Waals surface area contributed by atoms with E-state index in [-0.39, 0.29) is 5.56 Å². The molecule has 1 N–H and O–H groups in total. The molecule has 0 saturated carbocycles. The van der Waals surface area contributed by atoms with Crippen molar-refractivity contribution in [2.45, 2.75) is 19.9 Å². The molecule has 1 unspecified atom stereocenters. The minimum absolute atomic E-state index is 0.136. The number of nitrogens with one attached hydrogen (secondary N) is 1. The summed E-state index contributed by atoms with van der Waals surface area (Å²) in [7, 11) is 0. The standard InChI is InChI=1S/C21H21F2NO4/c1-3-27-17-8-4-15(5-9-17)6-11-21(26)28-13-20(25)24-14(2)18-10-7-16(22)12-19(18)23/h4-12,14H,3,13H2,1-2H3,(H,24,25)/b11-6+. The summed E-state index contributed by atoms with van der Waals surface area (Å²) in [6.07, 6.45) is 2.75. The zero-order chi connectivity index (χ0) is 20.5. The van der Waals surface area contributed by atoms with Crippen molar-refractivity contribution in [3.63, 3.8) is 0 Å². The van der Waals surface area contributed by atoms with Gasteiger partial charge in [-0.2, -0.15) is 0 Å². The van der Waals surface area contributed by atoms with E-state index < -0.39 is 36.2 Å². The molecule has 0 aliphatic rings. The van der Waals surface area contributed by atoms with Crippen LogP contribution in [0.4, 0.5) is 8.78 Å². The second kappa shape index (κ2) is 10.2. The van der Waals surface area contributed by atoms with E-state index in [2.05, 4.69) is 5.32 Å². The minimum Gasteiger partial charge on any atom is -0.494 e. The smallest absolute Gasteiger partial charge is 0.331 e. The van der Waals surface area contributed by atoms with Crippen molar-refractivity contribution >= 4 is 18.0 Å². The first kappa shape index (κ1) is 21.1. The molecule has 5 nitrogen and oxygen atoms in total. The fourth-order valence-electron chi connectivity index (χ4n) is 2.40. The molecule has 1 atom stereocenters. The van der Waals surface area contributed by atoms with Crippen LogP contribution in [0.5, 0.6) is 5.75 Å². The van der Waals surface area contributed by atoms with Crippen molar-refractivity contribution in [3.8, 4) is 5.75 Å². The van der Waals surface area contributed by atoms with Gasteiger partial charge >= 0.3 is 5.97 Å². The van der Waals surface area contributed by atoms with Gasteiger partial charge in [-0.1, -0.05) is 18.2 Å². The first-order valence-electron chi connectivity index (χ1n) is 8.71. The van der Waals surface area contributed by atoms with Crippen molar-refractivity contribution in [1.29, 1.82) is 0 Å². The maximum atomic E-state index is 13.7. The van der Waals surface area contributed by atoms with Crippen LogP contribution in [0.2, 0.25) is 0 Å². The van der Waals surface area contributed by atoms with E-state index in [1.54, 1.807) is 37.3 Å². The summed E-state index contributed by atoms with van der Waals surface area (Å²) in [6, 6.07) is 9.50. The van der Waals surface area contributed by atoms with E-state index in [9.17, 15) is 18.4 Å². The Bertz CT molecular complexity index is 850. The average Bonchev–Trinajstić information content (AvgIpc) is 2.66. The van der Waals surface area contributed by atoms with Crippen LogP contribution in [0.1, 0.15) is 31.0 Å². The van der Waals surface area contributed by atoms with Crippen molar-refractivity contribution < 1.29 is 27.8 Å². The molecule has 0 aliphatic heterocycles. The van der Waals surface area contributed by atoms with E-state index in [1.165, 1.54) is 12.1 Å². The van der Waals surface area contributed by atoms with Crippen LogP contribution < -0.4 is 10.1 Å². The molecule has 148 valence electrons. The molecule has 2 aromatic rings. The first-order chi connectivity index (χ1) is 13.4. The molecular weight excluding hydrogens is 368 g/mol. The Balaban J connectivity index is 1.80. The van der Waals surface area contributed by atoms with Gasteiger partial charge in [0.05, 0.1) is 12.6 Å². The van der Waals surface area contributed by atoms with E-state index in [4.69, 9.17) is 9.47 Å². The highest BCUT2D eigenvalue weighted by Gasteiger charge is 2.15. The Kier molecular flexibility index (Phi) is 7.68. The van der Waals surface area contributed by atoms with Crippen molar-refractivity contribution in [2.75, 3.05) is 13.2 Å². The maximum absolute atomic E-state index is 13.7. The summed E-state index contributed by atoms with van der Waals surface area (Å²) in [5.74, 6) is -2.02. The van der Waals surface area contributed by atoms with Gasteiger partial charge in [-0.3, -0.25) is 4.79 Å². The molecule has 0 heterocycles. The highest BCUT2D eigenvalue weighted by Crippen LogP contribution is 2.17. The normalized spacial score (nSPS) is 11.9. The molecule has 1 amide bonds. The van der Waals surface area contributed by atoms with Gasteiger partial charge in [0.25, 0.3) is 5.91 Å². The zero-order valence-electron chi connectivity index (χ0n) is 15.6. The summed E-state index contributed by atoms with van der Waals surface area (Å²) in [6.45, 7) is 3.48. The number of hydrogen-bond acceptors (Lipinski definition) is 4. The Morgan fingerprint density at radius 1 is 1.14 bits per heavy atom. The summed E-state index contributed by atoms with van der Waals surface area (Å²) in [5, 5.41) is 2.49. The monoisotopic (exact) mass is 389 g/mol. The molecule has 0 aliphatic carbocycles. The molecule has 28 heavy (non-hydrogen) atoms. The van der Waals surface area contributed by atoms with Crippen LogP contribution in [-0.2, 0) is 14.3 Å². The Labute approximate surface area is 162 Å². The minimum atomic E-state index is -0.761. The van der Waals surface area contributed by atoms with Gasteiger partial charge in [0, 0.05) is 17.7 Å². The van der Waals surface area contributed by atoms with Gasteiger partial charge in [0.15, 0.2) is 6.61 Å². The highest BCUT2D eigenvalue weighted by atomic mass is 19.1. The van der Waals surface area contributed by atoms with Crippen LogP contribution in [0, 0.1) is 11.6 Å². The quantitative estimate of drug-likeness (QED) is 0.551. The molecule has 0 bridgehead atoms. The number of benzene rings is 2. The number of ether oxygens (including phenoxy) is 2. The number of halogens is 2. The number of hydrogen-bond donors (Lipinski definition) is 1. The van der Waals surface area contributed by atoms with Gasteiger partial charge in [-0.05, 0) is 43.7 Å². The van der Waals surface area contributed by atoms with E-state index in [0.717, 1.165) is 23.4 Å². The topological polar surface area (TPSA) is 64.6 Å². The van der Waals surface area contributed by atoms with Crippen LogP contribution in [0.15, 0.2) is 48.5 Å². The molecule has 0 spiro atoms. The summed E-state index contributed by atoms with van der Waals surface area (Å²) in [4.78, 5) is 23.6. The Morgan fingerprint density at radius 3 is 2.50 bits per heavy atom. The van der Waals surface area contributed by atoms with Crippen LogP contribution in [0.25, 0.3) is 6.08 Å². The molecule has 2 aromatic carbocycles. The lowest BCUT2D eigenvalue weighted by atomic mass is 10.1. The molecule has 0 saturated heterocycles. The molecular formula is C21H21F2NO4. The number of esters is 1. The second-order valence-electron chi connectivity index (χ2n) is 5.90. The van der Waals surface area contributed by atoms with Gasteiger partial charge in [0.1, 0.15) is 17.4 Å². The Hall–Kier alpha value is -3.22. The van der Waals surface area contributed by atoms with Gasteiger partial charge in [-0.15, -0.1) is 0 Å². The number of carbonyl (C=O) groups is 2. The van der Waals surface area contributed by atoms with E-state index >= 15 is 0 Å². The SMILES string of the molecule is CCOc1ccc(/C=C/C(=O)OCC(=O)NC(C)c2ccc(F)cc2F)cc1. The predicted molar refractivity (Wildman–Crippen MR) is 101 cm³/mol. The predicted octanol–water partition coefficient (Wildman–Crippen LogP) is 3.80. The molecule has 7 heteroatoms. The number of carbonyl (C=O) groups excluding carboxylic acids is 2. The lowest BCUT2D eigenvalue weighted by Gasteiger charge is -2.15. The number of amides is 1. The van der Waals surface area contributed by atoms with Crippen LogP contribution >= 0.6 is 0 Å². The van der Waals surface area contributed by atoms with E-state index in [0.29, 0.717) is 6.61 Å². The third-order valence-electron chi connectivity index (χ3n) is 3.75. The van der Waals surface area contributed by atoms with Crippen molar-refractivity contribution in [2.24, 2.45) is 0 Å².